The summed E-state index contributed by atoms with van der Waals surface area (Å²) in [7, 11) is 2.20. The first kappa shape index (κ1) is 14.8. The molecule has 0 aliphatic heterocycles. The Balaban J connectivity index is 1.60. The molecule has 0 radical (unpaired) electrons. The second kappa shape index (κ2) is 6.75. The van der Waals surface area contributed by atoms with E-state index in [0.29, 0.717) is 0 Å². The number of rotatable bonds is 6. The number of nitrogens with zero attached hydrogens (tertiary/aromatic N) is 2. The monoisotopic (exact) mass is 303 g/mol. The number of aryl methyl sites for hydroxylation is 2. The summed E-state index contributed by atoms with van der Waals surface area (Å²) in [6, 6.07) is 4.57. The van der Waals surface area contributed by atoms with Crippen molar-refractivity contribution in [2.75, 3.05) is 7.05 Å². The van der Waals surface area contributed by atoms with Gasteiger partial charge in [0.2, 0.25) is 0 Å². The summed E-state index contributed by atoms with van der Waals surface area (Å²) in [4.78, 5) is 5.36. The van der Waals surface area contributed by atoms with Crippen LogP contribution in [0.25, 0.3) is 0 Å². The highest BCUT2D eigenvalue weighted by atomic mass is 32.1. The molecule has 3 nitrogen and oxygen atoms in total. The second-order valence-corrected chi connectivity index (χ2v) is 7.38. The maximum Gasteiger partial charge on any atom is 0.0797 e. The van der Waals surface area contributed by atoms with E-state index in [1.54, 1.807) is 0 Å². The van der Waals surface area contributed by atoms with Crippen LogP contribution in [0.15, 0.2) is 12.1 Å². The van der Waals surface area contributed by atoms with Crippen molar-refractivity contribution < 1.29 is 0 Å². The molecule has 4 heteroatoms. The lowest BCUT2D eigenvalue weighted by atomic mass is 9.96. The minimum Gasteiger partial charge on any atom is -0.295 e. The van der Waals surface area contributed by atoms with Crippen molar-refractivity contribution in [3.63, 3.8) is 0 Å². The van der Waals surface area contributed by atoms with Crippen LogP contribution in [-0.4, -0.2) is 22.1 Å². The highest BCUT2D eigenvalue weighted by Gasteiger charge is 2.17. The standard InChI is InChI=1S/C17H25N3S/c1-3-6-13-9-10-14(21-13)11-20(2)12-17-15-7-4-5-8-16(15)18-19-17/h9-10H,3-8,11-12H2,1-2H3,(H,18,19). The molecule has 1 N–H and O–H groups in total. The Morgan fingerprint density at radius 2 is 2.00 bits per heavy atom. The summed E-state index contributed by atoms with van der Waals surface area (Å²) in [6.07, 6.45) is 7.44. The van der Waals surface area contributed by atoms with Gasteiger partial charge in [-0.2, -0.15) is 5.10 Å². The molecule has 21 heavy (non-hydrogen) atoms. The van der Waals surface area contributed by atoms with Gasteiger partial charge < -0.3 is 0 Å². The molecule has 2 heterocycles. The Morgan fingerprint density at radius 1 is 1.19 bits per heavy atom. The van der Waals surface area contributed by atoms with Gasteiger partial charge in [-0.05, 0) is 56.8 Å². The fraction of sp³-hybridized carbons (Fsp3) is 0.588. The van der Waals surface area contributed by atoms with Gasteiger partial charge in [-0.1, -0.05) is 13.3 Å². The topological polar surface area (TPSA) is 31.9 Å². The SMILES string of the molecule is CCCc1ccc(CN(C)Cc2n[nH]c3c2CCCC3)s1. The molecule has 0 spiro atoms. The predicted octanol–water partition coefficient (Wildman–Crippen LogP) is 3.93. The van der Waals surface area contributed by atoms with E-state index in [-0.39, 0.29) is 0 Å². The van der Waals surface area contributed by atoms with Gasteiger partial charge in [0.05, 0.1) is 5.69 Å². The van der Waals surface area contributed by atoms with E-state index in [1.807, 2.05) is 11.3 Å². The van der Waals surface area contributed by atoms with E-state index in [0.717, 1.165) is 13.1 Å². The van der Waals surface area contributed by atoms with Gasteiger partial charge >= 0.3 is 0 Å². The van der Waals surface area contributed by atoms with Gasteiger partial charge in [0, 0.05) is 28.5 Å². The predicted molar refractivity (Wildman–Crippen MR) is 88.7 cm³/mol. The van der Waals surface area contributed by atoms with Crippen molar-refractivity contribution in [1.82, 2.24) is 15.1 Å². The van der Waals surface area contributed by atoms with E-state index in [4.69, 9.17) is 0 Å². The van der Waals surface area contributed by atoms with Crippen LogP contribution in [0.5, 0.6) is 0 Å². The Labute approximate surface area is 131 Å². The first-order chi connectivity index (χ1) is 10.3. The first-order valence-electron chi connectivity index (χ1n) is 8.07. The van der Waals surface area contributed by atoms with Crippen molar-refractivity contribution in [3.8, 4) is 0 Å². The molecule has 3 rings (SSSR count). The van der Waals surface area contributed by atoms with Gasteiger partial charge in [0.15, 0.2) is 0 Å². The van der Waals surface area contributed by atoms with Crippen LogP contribution in [0.3, 0.4) is 0 Å². The number of fused-ring (bicyclic) bond motifs is 1. The average Bonchev–Trinajstić information content (AvgIpc) is 3.07. The van der Waals surface area contributed by atoms with Crippen LogP contribution < -0.4 is 0 Å². The summed E-state index contributed by atoms with van der Waals surface area (Å²) in [5.74, 6) is 0. The van der Waals surface area contributed by atoms with Crippen molar-refractivity contribution in [2.45, 2.75) is 58.5 Å². The zero-order chi connectivity index (χ0) is 14.7. The molecule has 0 unspecified atom stereocenters. The second-order valence-electron chi connectivity index (χ2n) is 6.12. The van der Waals surface area contributed by atoms with Crippen LogP contribution in [0.2, 0.25) is 0 Å². The summed E-state index contributed by atoms with van der Waals surface area (Å²) in [5, 5.41) is 7.79. The van der Waals surface area contributed by atoms with Crippen molar-refractivity contribution in [2.24, 2.45) is 0 Å². The van der Waals surface area contributed by atoms with E-state index >= 15 is 0 Å². The number of H-pyrrole nitrogens is 1. The first-order valence-corrected chi connectivity index (χ1v) is 8.89. The smallest absolute Gasteiger partial charge is 0.0797 e. The number of thiophene rings is 1. The number of aromatic amines is 1. The Hall–Kier alpha value is -1.13. The molecule has 2 aromatic rings. The zero-order valence-electron chi connectivity index (χ0n) is 13.1. The number of aromatic nitrogens is 2. The molecule has 0 fully saturated rings. The summed E-state index contributed by atoms with van der Waals surface area (Å²) in [6.45, 7) is 4.22. The minimum absolute atomic E-state index is 0.951. The molecule has 0 saturated heterocycles. The lowest BCUT2D eigenvalue weighted by Gasteiger charge is -2.16. The maximum atomic E-state index is 4.55. The molecule has 1 aliphatic rings. The van der Waals surface area contributed by atoms with Crippen molar-refractivity contribution in [3.05, 3.63) is 38.8 Å². The van der Waals surface area contributed by atoms with Gasteiger partial charge in [0.1, 0.15) is 0 Å². The van der Waals surface area contributed by atoms with Crippen LogP contribution in [-0.2, 0) is 32.4 Å². The van der Waals surface area contributed by atoms with Gasteiger partial charge in [-0.3, -0.25) is 10.00 Å². The zero-order valence-corrected chi connectivity index (χ0v) is 13.9. The third-order valence-electron chi connectivity index (χ3n) is 4.20. The molecule has 2 aromatic heterocycles. The van der Waals surface area contributed by atoms with Gasteiger partial charge in [-0.25, -0.2) is 0 Å². The summed E-state index contributed by atoms with van der Waals surface area (Å²) < 4.78 is 0. The third-order valence-corrected chi connectivity index (χ3v) is 5.33. The van der Waals surface area contributed by atoms with E-state index < -0.39 is 0 Å². The molecule has 0 bridgehead atoms. The van der Waals surface area contributed by atoms with Crippen LogP contribution in [0.4, 0.5) is 0 Å². The maximum absolute atomic E-state index is 4.55. The highest BCUT2D eigenvalue weighted by molar-refractivity contribution is 7.11. The molecule has 0 saturated carbocycles. The van der Waals surface area contributed by atoms with E-state index in [9.17, 15) is 0 Å². The molecule has 0 atom stereocenters. The third kappa shape index (κ3) is 3.55. The molecule has 1 aliphatic carbocycles. The van der Waals surface area contributed by atoms with Gasteiger partial charge in [-0.15, -0.1) is 11.3 Å². The van der Waals surface area contributed by atoms with Crippen LogP contribution in [0, 0.1) is 0 Å². The number of hydrogen-bond donors (Lipinski definition) is 1. The molecular formula is C17H25N3S. The minimum atomic E-state index is 0.951. The quantitative estimate of drug-likeness (QED) is 0.876. The highest BCUT2D eigenvalue weighted by Crippen LogP contribution is 2.24. The van der Waals surface area contributed by atoms with Gasteiger partial charge in [0.25, 0.3) is 0 Å². The summed E-state index contributed by atoms with van der Waals surface area (Å²) >= 11 is 1.96. The van der Waals surface area contributed by atoms with Crippen molar-refractivity contribution in [1.29, 1.82) is 0 Å². The largest absolute Gasteiger partial charge is 0.295 e. The van der Waals surface area contributed by atoms with Crippen molar-refractivity contribution >= 4 is 11.3 Å². The fourth-order valence-electron chi connectivity index (χ4n) is 3.15. The van der Waals surface area contributed by atoms with Crippen LogP contribution in [0.1, 0.15) is 52.9 Å². The number of nitrogens with one attached hydrogen (secondary N) is 1. The average molecular weight is 303 g/mol. The van der Waals surface area contributed by atoms with Crippen LogP contribution >= 0.6 is 11.3 Å². The molecule has 0 amide bonds. The Kier molecular flexibility index (Phi) is 4.76. The lowest BCUT2D eigenvalue weighted by Crippen LogP contribution is -2.18. The molecule has 114 valence electrons. The Bertz CT molecular complexity index is 585. The van der Waals surface area contributed by atoms with E-state index in [2.05, 4.69) is 41.2 Å². The Morgan fingerprint density at radius 3 is 2.86 bits per heavy atom. The summed E-state index contributed by atoms with van der Waals surface area (Å²) in [5.41, 5.74) is 4.13. The number of hydrogen-bond acceptors (Lipinski definition) is 3. The lowest BCUT2D eigenvalue weighted by molar-refractivity contribution is 0.316. The molecular weight excluding hydrogens is 278 g/mol. The fourth-order valence-corrected chi connectivity index (χ4v) is 4.35. The van der Waals surface area contributed by atoms with E-state index in [1.165, 1.54) is 65.2 Å². The normalized spacial score (nSPS) is 14.6. The molecule has 0 aromatic carbocycles.